The number of nitrogens with one attached hydrogen (secondary N) is 1. The third-order valence-electron chi connectivity index (χ3n) is 4.50. The summed E-state index contributed by atoms with van der Waals surface area (Å²) in [6.45, 7) is 11.4. The summed E-state index contributed by atoms with van der Waals surface area (Å²) in [6.07, 6.45) is 1.41. The standard InChI is InChI=1S/C20H28FN3O3S/c1-12(2)16-9-15(21)10-17(13(3)4)18(16)11-19(25)23-28(26,27)20-7-8-24(22-20)14(5)6/h7-10,12-14H,11H2,1-6H3,(H,23,25). The van der Waals surface area contributed by atoms with Crippen molar-refractivity contribution < 1.29 is 17.6 Å². The molecule has 0 spiro atoms. The molecule has 0 saturated heterocycles. The van der Waals surface area contributed by atoms with E-state index in [-0.39, 0.29) is 35.1 Å². The summed E-state index contributed by atoms with van der Waals surface area (Å²) in [5.41, 5.74) is 2.09. The van der Waals surface area contributed by atoms with Crippen molar-refractivity contribution in [1.29, 1.82) is 0 Å². The molecule has 1 aromatic carbocycles. The third kappa shape index (κ3) is 4.98. The van der Waals surface area contributed by atoms with Crippen molar-refractivity contribution in [1.82, 2.24) is 14.5 Å². The maximum Gasteiger partial charge on any atom is 0.283 e. The highest BCUT2D eigenvalue weighted by Crippen LogP contribution is 2.29. The molecule has 0 saturated carbocycles. The van der Waals surface area contributed by atoms with E-state index in [0.717, 1.165) is 0 Å². The zero-order chi connectivity index (χ0) is 21.2. The fourth-order valence-electron chi connectivity index (χ4n) is 3.06. The van der Waals surface area contributed by atoms with Gasteiger partial charge >= 0.3 is 0 Å². The summed E-state index contributed by atoms with van der Waals surface area (Å²) in [5, 5.41) is 3.80. The monoisotopic (exact) mass is 409 g/mol. The highest BCUT2D eigenvalue weighted by molar-refractivity contribution is 7.90. The Hall–Kier alpha value is -2.22. The minimum atomic E-state index is -4.07. The summed E-state index contributed by atoms with van der Waals surface area (Å²) in [5.74, 6) is -1.04. The Morgan fingerprint density at radius 2 is 1.64 bits per heavy atom. The number of carbonyl (C=O) groups is 1. The Balaban J connectivity index is 2.31. The Bertz CT molecular complexity index is 934. The third-order valence-corrected chi connectivity index (χ3v) is 5.77. The van der Waals surface area contributed by atoms with Crippen molar-refractivity contribution in [3.8, 4) is 0 Å². The predicted molar refractivity (Wildman–Crippen MR) is 106 cm³/mol. The van der Waals surface area contributed by atoms with E-state index < -0.39 is 15.9 Å². The minimum Gasteiger partial charge on any atom is -0.274 e. The van der Waals surface area contributed by atoms with Crippen LogP contribution >= 0.6 is 0 Å². The molecular formula is C20H28FN3O3S. The second-order valence-corrected chi connectivity index (χ2v) is 9.43. The van der Waals surface area contributed by atoms with Crippen LogP contribution in [-0.4, -0.2) is 24.1 Å². The molecule has 6 nitrogen and oxygen atoms in total. The van der Waals surface area contributed by atoms with Crippen LogP contribution in [0.15, 0.2) is 29.4 Å². The van der Waals surface area contributed by atoms with Crippen LogP contribution in [0.4, 0.5) is 4.39 Å². The van der Waals surface area contributed by atoms with Crippen molar-refractivity contribution in [3.63, 3.8) is 0 Å². The molecule has 0 bridgehead atoms. The number of halogens is 1. The summed E-state index contributed by atoms with van der Waals surface area (Å²) >= 11 is 0. The van der Waals surface area contributed by atoms with E-state index in [1.165, 1.54) is 22.9 Å². The SMILES string of the molecule is CC(C)c1cc(F)cc(C(C)C)c1CC(=O)NS(=O)(=O)c1ccn(C(C)C)n1. The van der Waals surface area contributed by atoms with Crippen LogP contribution in [0.5, 0.6) is 0 Å². The van der Waals surface area contributed by atoms with E-state index in [1.54, 1.807) is 6.20 Å². The molecule has 8 heteroatoms. The summed E-state index contributed by atoms with van der Waals surface area (Å²) in [4.78, 5) is 12.6. The van der Waals surface area contributed by atoms with Gasteiger partial charge in [0.05, 0.1) is 6.42 Å². The van der Waals surface area contributed by atoms with Gasteiger partial charge in [-0.25, -0.2) is 9.11 Å². The summed E-state index contributed by atoms with van der Waals surface area (Å²) < 4.78 is 42.6. The summed E-state index contributed by atoms with van der Waals surface area (Å²) in [6, 6.07) is 4.18. The fourth-order valence-corrected chi connectivity index (χ4v) is 3.98. The van der Waals surface area contributed by atoms with Crippen LogP contribution in [0, 0.1) is 5.82 Å². The number of aromatic nitrogens is 2. The van der Waals surface area contributed by atoms with E-state index in [2.05, 4.69) is 9.82 Å². The topological polar surface area (TPSA) is 81.1 Å². The lowest BCUT2D eigenvalue weighted by molar-refractivity contribution is -0.118. The first-order chi connectivity index (χ1) is 12.9. The molecule has 154 valence electrons. The van der Waals surface area contributed by atoms with Crippen LogP contribution in [0.25, 0.3) is 0 Å². The molecule has 1 heterocycles. The van der Waals surface area contributed by atoms with Crippen LogP contribution in [0.1, 0.15) is 76.1 Å². The molecule has 0 atom stereocenters. The quantitative estimate of drug-likeness (QED) is 0.752. The molecule has 0 radical (unpaired) electrons. The van der Waals surface area contributed by atoms with Gasteiger partial charge in [-0.3, -0.25) is 9.48 Å². The van der Waals surface area contributed by atoms with Gasteiger partial charge < -0.3 is 0 Å². The average Bonchev–Trinajstić information content (AvgIpc) is 3.06. The number of carbonyl (C=O) groups excluding carboxylic acids is 1. The number of rotatable bonds is 7. The van der Waals surface area contributed by atoms with Crippen molar-refractivity contribution in [2.24, 2.45) is 0 Å². The maximum absolute atomic E-state index is 14.0. The Morgan fingerprint density at radius 1 is 1.11 bits per heavy atom. The van der Waals surface area contributed by atoms with Crippen LogP contribution in [0.3, 0.4) is 0 Å². The fraction of sp³-hybridized carbons (Fsp3) is 0.500. The van der Waals surface area contributed by atoms with Crippen molar-refractivity contribution in [2.75, 3.05) is 0 Å². The van der Waals surface area contributed by atoms with E-state index in [0.29, 0.717) is 16.7 Å². The molecule has 2 rings (SSSR count). The molecule has 0 aliphatic carbocycles. The van der Waals surface area contributed by atoms with E-state index in [4.69, 9.17) is 0 Å². The van der Waals surface area contributed by atoms with Gasteiger partial charge in [0.1, 0.15) is 5.82 Å². The molecule has 0 fully saturated rings. The molecule has 1 aromatic heterocycles. The lowest BCUT2D eigenvalue weighted by Crippen LogP contribution is -2.32. The zero-order valence-electron chi connectivity index (χ0n) is 17.2. The van der Waals surface area contributed by atoms with Gasteiger partial charge in [0.2, 0.25) is 5.91 Å². The number of amides is 1. The van der Waals surface area contributed by atoms with Crippen LogP contribution < -0.4 is 4.72 Å². The van der Waals surface area contributed by atoms with Crippen LogP contribution in [0.2, 0.25) is 0 Å². The van der Waals surface area contributed by atoms with Gasteiger partial charge in [-0.05, 0) is 60.6 Å². The van der Waals surface area contributed by atoms with Gasteiger partial charge in [0.15, 0.2) is 5.03 Å². The van der Waals surface area contributed by atoms with Crippen LogP contribution in [-0.2, 0) is 21.2 Å². The van der Waals surface area contributed by atoms with E-state index in [9.17, 15) is 17.6 Å². The highest BCUT2D eigenvalue weighted by atomic mass is 32.2. The second-order valence-electron chi connectivity index (χ2n) is 7.81. The van der Waals surface area contributed by atoms with Gasteiger partial charge in [0, 0.05) is 12.2 Å². The van der Waals surface area contributed by atoms with E-state index in [1.807, 2.05) is 41.5 Å². The van der Waals surface area contributed by atoms with Gasteiger partial charge in [-0.1, -0.05) is 27.7 Å². The molecule has 0 aliphatic heterocycles. The lowest BCUT2D eigenvalue weighted by Gasteiger charge is -2.19. The van der Waals surface area contributed by atoms with Crippen molar-refractivity contribution in [3.05, 3.63) is 46.9 Å². The molecule has 1 amide bonds. The first-order valence-electron chi connectivity index (χ1n) is 9.35. The number of nitrogens with zero attached hydrogens (tertiary/aromatic N) is 2. The number of benzene rings is 1. The first kappa shape index (κ1) is 22.1. The highest BCUT2D eigenvalue weighted by Gasteiger charge is 2.24. The van der Waals surface area contributed by atoms with Gasteiger partial charge in [-0.2, -0.15) is 13.5 Å². The molecular weight excluding hydrogens is 381 g/mol. The largest absolute Gasteiger partial charge is 0.283 e. The number of hydrogen-bond donors (Lipinski definition) is 1. The minimum absolute atomic E-state index is 0.000988. The molecule has 2 aromatic rings. The second kappa shape index (κ2) is 8.43. The van der Waals surface area contributed by atoms with Gasteiger partial charge in [-0.15, -0.1) is 0 Å². The van der Waals surface area contributed by atoms with Crippen molar-refractivity contribution >= 4 is 15.9 Å². The smallest absolute Gasteiger partial charge is 0.274 e. The molecule has 1 N–H and O–H groups in total. The van der Waals surface area contributed by atoms with Gasteiger partial charge in [0.25, 0.3) is 10.0 Å². The average molecular weight is 410 g/mol. The molecule has 0 aliphatic rings. The van der Waals surface area contributed by atoms with Crippen molar-refractivity contribution in [2.45, 2.75) is 70.9 Å². The Kier molecular flexibility index (Phi) is 6.64. The number of sulfonamides is 1. The first-order valence-corrected chi connectivity index (χ1v) is 10.8. The maximum atomic E-state index is 14.0. The molecule has 0 unspecified atom stereocenters. The Labute approximate surface area is 166 Å². The summed E-state index contributed by atoms with van der Waals surface area (Å²) in [7, 11) is -4.07. The Morgan fingerprint density at radius 3 is 2.07 bits per heavy atom. The van der Waals surface area contributed by atoms with E-state index >= 15 is 0 Å². The number of hydrogen-bond acceptors (Lipinski definition) is 4. The zero-order valence-corrected chi connectivity index (χ0v) is 18.0. The predicted octanol–water partition coefficient (Wildman–Crippen LogP) is 3.90. The normalized spacial score (nSPS) is 12.2. The molecule has 28 heavy (non-hydrogen) atoms. The lowest BCUT2D eigenvalue weighted by atomic mass is 9.87.